The summed E-state index contributed by atoms with van der Waals surface area (Å²) in [7, 11) is 0. The van der Waals surface area contributed by atoms with E-state index in [0.717, 1.165) is 4.90 Å². The standard InChI is InChI=1S/C13H11F2NS/c14-12-5-2-6-13(15)11(12)8-17-10-4-1-3-9(16)7-10/h1-7H,8,16H2. The zero-order chi connectivity index (χ0) is 12.3. The lowest BCUT2D eigenvalue weighted by Crippen LogP contribution is -1.92. The fourth-order valence-corrected chi connectivity index (χ4v) is 2.41. The van der Waals surface area contributed by atoms with Gasteiger partial charge in [0, 0.05) is 21.9 Å². The molecule has 0 saturated heterocycles. The van der Waals surface area contributed by atoms with Crippen molar-refractivity contribution in [1.82, 2.24) is 0 Å². The molecule has 0 aliphatic rings. The third kappa shape index (κ3) is 2.97. The van der Waals surface area contributed by atoms with Crippen LogP contribution in [0.15, 0.2) is 47.4 Å². The van der Waals surface area contributed by atoms with Crippen molar-refractivity contribution in [2.45, 2.75) is 10.6 Å². The molecule has 4 heteroatoms. The molecule has 17 heavy (non-hydrogen) atoms. The van der Waals surface area contributed by atoms with Gasteiger partial charge in [-0.3, -0.25) is 0 Å². The zero-order valence-electron chi connectivity index (χ0n) is 8.99. The second-order valence-electron chi connectivity index (χ2n) is 3.56. The van der Waals surface area contributed by atoms with Crippen molar-refractivity contribution in [2.75, 3.05) is 5.73 Å². The summed E-state index contributed by atoms with van der Waals surface area (Å²) >= 11 is 1.36. The van der Waals surface area contributed by atoms with Gasteiger partial charge in [0.1, 0.15) is 11.6 Å². The van der Waals surface area contributed by atoms with Gasteiger partial charge >= 0.3 is 0 Å². The molecule has 0 radical (unpaired) electrons. The molecule has 0 heterocycles. The molecule has 0 aliphatic carbocycles. The normalized spacial score (nSPS) is 10.5. The molecule has 0 aliphatic heterocycles. The number of hydrogen-bond acceptors (Lipinski definition) is 2. The van der Waals surface area contributed by atoms with E-state index in [4.69, 9.17) is 5.73 Å². The largest absolute Gasteiger partial charge is 0.399 e. The molecule has 0 amide bonds. The molecule has 0 bridgehead atoms. The molecular weight excluding hydrogens is 240 g/mol. The van der Waals surface area contributed by atoms with Gasteiger partial charge in [0.05, 0.1) is 0 Å². The molecule has 0 saturated carbocycles. The van der Waals surface area contributed by atoms with Crippen molar-refractivity contribution >= 4 is 17.4 Å². The summed E-state index contributed by atoms with van der Waals surface area (Å²) in [5.74, 6) is -0.773. The Morgan fingerprint density at radius 1 is 1.00 bits per heavy atom. The highest BCUT2D eigenvalue weighted by atomic mass is 32.2. The number of nitrogen functional groups attached to an aromatic ring is 1. The summed E-state index contributed by atoms with van der Waals surface area (Å²) in [6.07, 6.45) is 0. The van der Waals surface area contributed by atoms with Crippen LogP contribution in [0.5, 0.6) is 0 Å². The maximum Gasteiger partial charge on any atom is 0.130 e. The van der Waals surface area contributed by atoms with Gasteiger partial charge < -0.3 is 5.73 Å². The molecule has 2 N–H and O–H groups in total. The maximum atomic E-state index is 13.4. The van der Waals surface area contributed by atoms with E-state index in [0.29, 0.717) is 5.69 Å². The average Bonchev–Trinajstić information content (AvgIpc) is 2.28. The lowest BCUT2D eigenvalue weighted by Gasteiger charge is -2.05. The Morgan fingerprint density at radius 3 is 2.29 bits per heavy atom. The van der Waals surface area contributed by atoms with E-state index >= 15 is 0 Å². The molecule has 0 unspecified atom stereocenters. The fourth-order valence-electron chi connectivity index (χ4n) is 1.43. The van der Waals surface area contributed by atoms with Crippen LogP contribution in [-0.4, -0.2) is 0 Å². The van der Waals surface area contributed by atoms with Gasteiger partial charge in [0.25, 0.3) is 0 Å². The summed E-state index contributed by atoms with van der Waals surface area (Å²) in [6, 6.07) is 11.1. The second kappa shape index (κ2) is 5.19. The molecular formula is C13H11F2NS. The van der Waals surface area contributed by atoms with Gasteiger partial charge in [-0.1, -0.05) is 12.1 Å². The monoisotopic (exact) mass is 251 g/mol. The predicted molar refractivity (Wildman–Crippen MR) is 66.8 cm³/mol. The van der Waals surface area contributed by atoms with E-state index in [9.17, 15) is 8.78 Å². The third-order valence-electron chi connectivity index (χ3n) is 2.30. The van der Waals surface area contributed by atoms with E-state index in [1.165, 1.54) is 30.0 Å². The first-order valence-corrected chi connectivity index (χ1v) is 6.06. The average molecular weight is 251 g/mol. The summed E-state index contributed by atoms with van der Waals surface area (Å²) in [4.78, 5) is 0.896. The summed E-state index contributed by atoms with van der Waals surface area (Å²) < 4.78 is 26.7. The SMILES string of the molecule is Nc1cccc(SCc2c(F)cccc2F)c1. The number of rotatable bonds is 3. The highest BCUT2D eigenvalue weighted by molar-refractivity contribution is 7.98. The third-order valence-corrected chi connectivity index (χ3v) is 3.32. The van der Waals surface area contributed by atoms with Crippen molar-refractivity contribution in [3.05, 3.63) is 59.7 Å². The minimum atomic E-state index is -0.513. The van der Waals surface area contributed by atoms with Gasteiger partial charge in [-0.05, 0) is 30.3 Å². The number of anilines is 1. The Labute approximate surface area is 103 Å². The lowest BCUT2D eigenvalue weighted by molar-refractivity contribution is 0.566. The molecule has 0 atom stereocenters. The fraction of sp³-hybridized carbons (Fsp3) is 0.0769. The molecule has 2 aromatic carbocycles. The second-order valence-corrected chi connectivity index (χ2v) is 4.61. The molecule has 0 aromatic heterocycles. The van der Waals surface area contributed by atoms with Crippen molar-refractivity contribution in [3.63, 3.8) is 0 Å². The number of halogens is 2. The number of thioether (sulfide) groups is 1. The smallest absolute Gasteiger partial charge is 0.130 e. The molecule has 2 aromatic rings. The summed E-state index contributed by atoms with van der Waals surface area (Å²) in [5.41, 5.74) is 6.37. The minimum Gasteiger partial charge on any atom is -0.399 e. The van der Waals surface area contributed by atoms with E-state index < -0.39 is 11.6 Å². The number of benzene rings is 2. The Balaban J connectivity index is 2.13. The number of nitrogens with two attached hydrogens (primary N) is 1. The summed E-state index contributed by atoms with van der Waals surface area (Å²) in [6.45, 7) is 0. The minimum absolute atomic E-state index is 0.0972. The van der Waals surface area contributed by atoms with Crippen molar-refractivity contribution in [3.8, 4) is 0 Å². The molecule has 2 rings (SSSR count). The molecule has 1 nitrogen and oxygen atoms in total. The highest BCUT2D eigenvalue weighted by Crippen LogP contribution is 2.26. The molecule has 88 valence electrons. The van der Waals surface area contributed by atoms with Crippen LogP contribution in [0.1, 0.15) is 5.56 Å². The zero-order valence-corrected chi connectivity index (χ0v) is 9.81. The highest BCUT2D eigenvalue weighted by Gasteiger charge is 2.08. The van der Waals surface area contributed by atoms with Gasteiger partial charge in [-0.15, -0.1) is 11.8 Å². The Kier molecular flexibility index (Phi) is 3.64. The van der Waals surface area contributed by atoms with Crippen LogP contribution in [0.4, 0.5) is 14.5 Å². The van der Waals surface area contributed by atoms with Crippen LogP contribution >= 0.6 is 11.8 Å². The van der Waals surface area contributed by atoms with Crippen LogP contribution in [-0.2, 0) is 5.75 Å². The van der Waals surface area contributed by atoms with Crippen molar-refractivity contribution < 1.29 is 8.78 Å². The predicted octanol–water partition coefficient (Wildman–Crippen LogP) is 3.84. The Hall–Kier alpha value is -1.55. The van der Waals surface area contributed by atoms with Crippen LogP contribution in [0.25, 0.3) is 0 Å². The van der Waals surface area contributed by atoms with Gasteiger partial charge in [-0.25, -0.2) is 8.78 Å². The Morgan fingerprint density at radius 2 is 1.65 bits per heavy atom. The first kappa shape index (κ1) is 11.9. The first-order valence-electron chi connectivity index (χ1n) is 5.08. The maximum absolute atomic E-state index is 13.4. The van der Waals surface area contributed by atoms with Crippen LogP contribution in [0.3, 0.4) is 0 Å². The van der Waals surface area contributed by atoms with E-state index in [2.05, 4.69) is 0 Å². The van der Waals surface area contributed by atoms with Gasteiger partial charge in [0.15, 0.2) is 0 Å². The van der Waals surface area contributed by atoms with E-state index in [-0.39, 0.29) is 11.3 Å². The van der Waals surface area contributed by atoms with Crippen molar-refractivity contribution in [2.24, 2.45) is 0 Å². The number of hydrogen-bond donors (Lipinski definition) is 1. The first-order chi connectivity index (χ1) is 8.16. The molecule has 0 spiro atoms. The van der Waals surface area contributed by atoms with Crippen LogP contribution in [0.2, 0.25) is 0 Å². The summed E-state index contributed by atoms with van der Waals surface area (Å²) in [5, 5.41) is 0. The van der Waals surface area contributed by atoms with Gasteiger partial charge in [0.2, 0.25) is 0 Å². The lowest BCUT2D eigenvalue weighted by atomic mass is 10.2. The topological polar surface area (TPSA) is 26.0 Å². The van der Waals surface area contributed by atoms with Crippen LogP contribution in [0, 0.1) is 11.6 Å². The van der Waals surface area contributed by atoms with E-state index in [1.807, 2.05) is 12.1 Å². The van der Waals surface area contributed by atoms with E-state index in [1.54, 1.807) is 12.1 Å². The van der Waals surface area contributed by atoms with Gasteiger partial charge in [-0.2, -0.15) is 0 Å². The molecule has 0 fully saturated rings. The Bertz CT molecular complexity index is 508. The van der Waals surface area contributed by atoms with Crippen molar-refractivity contribution in [1.29, 1.82) is 0 Å². The van der Waals surface area contributed by atoms with Crippen LogP contribution < -0.4 is 5.73 Å². The quantitative estimate of drug-likeness (QED) is 0.662.